The van der Waals surface area contributed by atoms with Crippen molar-refractivity contribution in [1.29, 1.82) is 0 Å². The molecule has 0 saturated heterocycles. The van der Waals surface area contributed by atoms with Crippen LogP contribution in [-0.4, -0.2) is 93.7 Å². The van der Waals surface area contributed by atoms with Gasteiger partial charge in [-0.2, -0.15) is 0 Å². The molecule has 0 spiro atoms. The highest BCUT2D eigenvalue weighted by atomic mass is 16.6. The summed E-state index contributed by atoms with van der Waals surface area (Å²) in [4.78, 5) is 59.3. The molecular formula is C45H49N5O10. The van der Waals surface area contributed by atoms with Gasteiger partial charge >= 0.3 is 24.1 Å². The van der Waals surface area contributed by atoms with Crippen molar-refractivity contribution >= 4 is 35.5 Å². The first-order valence-corrected chi connectivity index (χ1v) is 19.1. The number of methoxy groups -OCH3 is 2. The molecule has 5 aromatic rings. The van der Waals surface area contributed by atoms with E-state index >= 15 is 0 Å². The zero-order valence-electron chi connectivity index (χ0n) is 34.1. The first-order valence-electron chi connectivity index (χ1n) is 19.1. The van der Waals surface area contributed by atoms with Crippen LogP contribution < -0.4 is 20.1 Å². The lowest BCUT2D eigenvalue weighted by atomic mass is 10.1. The van der Waals surface area contributed by atoms with Gasteiger partial charge in [-0.1, -0.05) is 48.5 Å². The van der Waals surface area contributed by atoms with E-state index in [0.717, 1.165) is 33.6 Å². The topological polar surface area (TPSA) is 167 Å². The molecule has 2 amide bonds. The normalized spacial score (nSPS) is 10.5. The van der Waals surface area contributed by atoms with E-state index in [-0.39, 0.29) is 63.7 Å². The van der Waals surface area contributed by atoms with Crippen molar-refractivity contribution in [2.45, 2.75) is 26.2 Å². The molecule has 60 heavy (non-hydrogen) atoms. The summed E-state index contributed by atoms with van der Waals surface area (Å²) in [5.74, 6) is -0.245. The number of rotatable bonds is 20. The highest BCUT2D eigenvalue weighted by Crippen LogP contribution is 2.20. The molecule has 0 aliphatic rings. The number of nitrogens with zero attached hydrogens (tertiary/aromatic N) is 3. The van der Waals surface area contributed by atoms with Gasteiger partial charge in [-0.3, -0.25) is 14.8 Å². The summed E-state index contributed by atoms with van der Waals surface area (Å²) in [6.07, 6.45) is 1.27. The lowest BCUT2D eigenvalue weighted by Crippen LogP contribution is -2.31. The van der Waals surface area contributed by atoms with Gasteiger partial charge in [0.15, 0.2) is 0 Å². The Hall–Kier alpha value is -7.29. The molecule has 1 aromatic heterocycles. The maximum atomic E-state index is 13.3. The molecule has 0 radical (unpaired) electrons. The van der Waals surface area contributed by atoms with Crippen LogP contribution in [0.2, 0.25) is 0 Å². The van der Waals surface area contributed by atoms with E-state index in [4.69, 9.17) is 28.4 Å². The number of amides is 2. The number of carbonyl (C=O) groups excluding carboxylic acids is 4. The second kappa shape index (κ2) is 22.6. The third-order valence-corrected chi connectivity index (χ3v) is 9.06. The van der Waals surface area contributed by atoms with Crippen LogP contribution in [0, 0.1) is 0 Å². The van der Waals surface area contributed by atoms with Crippen LogP contribution >= 0.6 is 0 Å². The Labute approximate surface area is 349 Å². The molecule has 2 N–H and O–H groups in total. The third kappa shape index (κ3) is 13.4. The summed E-state index contributed by atoms with van der Waals surface area (Å²) in [6.45, 7) is 0.106. The van der Waals surface area contributed by atoms with Gasteiger partial charge in [0, 0.05) is 64.0 Å². The number of hydrogen-bond acceptors (Lipinski definition) is 13. The minimum absolute atomic E-state index is 0.0113. The van der Waals surface area contributed by atoms with Crippen LogP contribution in [0.25, 0.3) is 0 Å². The van der Waals surface area contributed by atoms with Gasteiger partial charge in [0.1, 0.15) is 37.9 Å². The van der Waals surface area contributed by atoms with Crippen LogP contribution in [-0.2, 0) is 45.1 Å². The van der Waals surface area contributed by atoms with Crippen molar-refractivity contribution in [3.8, 4) is 11.5 Å². The van der Waals surface area contributed by atoms with Crippen molar-refractivity contribution in [2.24, 2.45) is 0 Å². The maximum absolute atomic E-state index is 13.3. The van der Waals surface area contributed by atoms with Crippen LogP contribution in [0.3, 0.4) is 0 Å². The number of anilines is 2. The summed E-state index contributed by atoms with van der Waals surface area (Å²) >= 11 is 0. The van der Waals surface area contributed by atoms with Gasteiger partial charge in [-0.15, -0.1) is 0 Å². The largest absolute Gasteiger partial charge is 0.497 e. The quantitative estimate of drug-likeness (QED) is 0.0461. The molecule has 314 valence electrons. The van der Waals surface area contributed by atoms with E-state index in [9.17, 15) is 19.2 Å². The fraction of sp³-hybridized carbons (Fsp3) is 0.267. The van der Waals surface area contributed by atoms with Gasteiger partial charge in [0.25, 0.3) is 0 Å². The number of aromatic nitrogens is 1. The second-order valence-electron chi connectivity index (χ2n) is 13.3. The maximum Gasteiger partial charge on any atom is 0.410 e. The average molecular weight is 820 g/mol. The Morgan fingerprint density at radius 3 is 1.27 bits per heavy atom. The molecule has 0 saturated carbocycles. The molecule has 4 aromatic carbocycles. The second-order valence-corrected chi connectivity index (χ2v) is 13.3. The van der Waals surface area contributed by atoms with Gasteiger partial charge in [0.2, 0.25) is 0 Å². The highest BCUT2D eigenvalue weighted by Gasteiger charge is 2.20. The molecule has 0 atom stereocenters. The van der Waals surface area contributed by atoms with Crippen molar-refractivity contribution in [3.63, 3.8) is 0 Å². The fourth-order valence-electron chi connectivity index (χ4n) is 5.89. The Bertz CT molecular complexity index is 2030. The number of benzene rings is 4. The monoisotopic (exact) mass is 819 g/mol. The number of pyridine rings is 1. The molecule has 15 heteroatoms. The predicted molar refractivity (Wildman–Crippen MR) is 224 cm³/mol. The van der Waals surface area contributed by atoms with Crippen molar-refractivity contribution in [3.05, 3.63) is 149 Å². The minimum Gasteiger partial charge on any atom is -0.497 e. The summed E-state index contributed by atoms with van der Waals surface area (Å²) in [5.41, 5.74) is 5.31. The van der Waals surface area contributed by atoms with Gasteiger partial charge < -0.3 is 39.1 Å². The van der Waals surface area contributed by atoms with E-state index in [1.807, 2.05) is 111 Å². The van der Waals surface area contributed by atoms with Crippen molar-refractivity contribution in [1.82, 2.24) is 14.8 Å². The van der Waals surface area contributed by atoms with E-state index in [2.05, 4.69) is 15.6 Å². The first kappa shape index (κ1) is 43.8. The third-order valence-electron chi connectivity index (χ3n) is 9.06. The van der Waals surface area contributed by atoms with Crippen LogP contribution in [0.15, 0.2) is 116 Å². The molecule has 15 nitrogen and oxygen atoms in total. The van der Waals surface area contributed by atoms with Crippen molar-refractivity contribution in [2.75, 3.05) is 65.4 Å². The van der Waals surface area contributed by atoms with Gasteiger partial charge in [0.05, 0.1) is 25.3 Å². The van der Waals surface area contributed by atoms with Crippen LogP contribution in [0.1, 0.15) is 43.0 Å². The zero-order chi connectivity index (χ0) is 42.7. The summed E-state index contributed by atoms with van der Waals surface area (Å²) < 4.78 is 32.3. The van der Waals surface area contributed by atoms with E-state index in [1.165, 1.54) is 28.3 Å². The Morgan fingerprint density at radius 2 is 0.883 bits per heavy atom. The van der Waals surface area contributed by atoms with Crippen LogP contribution in [0.5, 0.6) is 11.5 Å². The fourth-order valence-corrected chi connectivity index (χ4v) is 5.89. The molecular weight excluding hydrogens is 771 g/mol. The number of ether oxygens (including phenoxy) is 6. The molecule has 0 bridgehead atoms. The van der Waals surface area contributed by atoms with Crippen LogP contribution in [0.4, 0.5) is 21.0 Å². The Balaban J connectivity index is 1.09. The molecule has 0 aliphatic heterocycles. The highest BCUT2D eigenvalue weighted by molar-refractivity contribution is 5.94. The summed E-state index contributed by atoms with van der Waals surface area (Å²) in [7, 11) is 6.80. The summed E-state index contributed by atoms with van der Waals surface area (Å²) in [6, 6.07) is 31.4. The molecule has 0 unspecified atom stereocenters. The summed E-state index contributed by atoms with van der Waals surface area (Å²) in [5, 5.41) is 6.14. The molecule has 1 heterocycles. The van der Waals surface area contributed by atoms with E-state index < -0.39 is 24.1 Å². The predicted octanol–water partition coefficient (Wildman–Crippen LogP) is 7.17. The van der Waals surface area contributed by atoms with Crippen molar-refractivity contribution < 1.29 is 47.6 Å². The van der Waals surface area contributed by atoms with Gasteiger partial charge in [-0.05, 0) is 76.9 Å². The molecule has 0 aliphatic carbocycles. The number of esters is 2. The lowest BCUT2D eigenvalue weighted by Gasteiger charge is -2.23. The number of carbonyl (C=O) groups is 4. The number of nitrogens with one attached hydrogen (secondary N) is 2. The molecule has 0 fully saturated rings. The SMILES string of the molecule is CNc1ccc(CN(Cc2cccc(OC)c2)C(=O)OCCOC(=O)c2cncc(C(=O)OCCOC(=O)N(Cc3ccc(NC)cc3)Cc3cccc(OC)c3)c2)cc1. The standard InChI is InChI=1S/C45H49N5O10/c1-46-38-15-11-32(12-16-38)28-49(30-34-7-5-9-40(23-34)55-3)44(53)59-21-19-57-42(51)36-25-37(27-48-26-36)43(52)58-20-22-60-45(54)50(29-33-13-17-39(47-2)18-14-33)31-35-8-6-10-41(24-35)56-4/h5-18,23-27,46-47H,19-22,28-31H2,1-4H3. The Morgan fingerprint density at radius 1 is 0.500 bits per heavy atom. The smallest absolute Gasteiger partial charge is 0.410 e. The Kier molecular flexibility index (Phi) is 16.5. The average Bonchev–Trinajstić information content (AvgIpc) is 3.29. The van der Waals surface area contributed by atoms with E-state index in [0.29, 0.717) is 11.5 Å². The number of hydrogen-bond donors (Lipinski definition) is 2. The molecule has 5 rings (SSSR count). The lowest BCUT2D eigenvalue weighted by molar-refractivity contribution is 0.0341. The van der Waals surface area contributed by atoms with E-state index in [1.54, 1.807) is 14.2 Å². The zero-order valence-corrected chi connectivity index (χ0v) is 34.1. The first-order chi connectivity index (χ1) is 29.2. The minimum atomic E-state index is -0.781. The van der Waals surface area contributed by atoms with Gasteiger partial charge in [-0.25, -0.2) is 19.2 Å².